The van der Waals surface area contributed by atoms with Gasteiger partial charge in [-0.2, -0.15) is 0 Å². The molecule has 0 atom stereocenters. The molecule has 0 unspecified atom stereocenters. The van der Waals surface area contributed by atoms with Crippen molar-refractivity contribution in [3.8, 4) is 5.75 Å². The van der Waals surface area contributed by atoms with E-state index in [0.717, 1.165) is 5.56 Å². The summed E-state index contributed by atoms with van der Waals surface area (Å²) in [5, 5.41) is 0. The van der Waals surface area contributed by atoms with Crippen LogP contribution in [0.15, 0.2) is 47.4 Å². The van der Waals surface area contributed by atoms with Gasteiger partial charge in [0.25, 0.3) is 10.0 Å². The number of ether oxygens (including phenoxy) is 1. The summed E-state index contributed by atoms with van der Waals surface area (Å²) in [6.07, 6.45) is 1.39. The average Bonchev–Trinajstić information content (AvgIpc) is 2.67. The quantitative estimate of drug-likeness (QED) is 0.738. The van der Waals surface area contributed by atoms with Gasteiger partial charge in [0.15, 0.2) is 0 Å². The summed E-state index contributed by atoms with van der Waals surface area (Å²) in [5.74, 6) is 0.630. The molecule has 1 aliphatic rings. The van der Waals surface area contributed by atoms with E-state index in [1.807, 2.05) is 6.92 Å². The summed E-state index contributed by atoms with van der Waals surface area (Å²) in [6, 6.07) is 11.2. The number of nitrogens with one attached hydrogen (secondary N) is 1. The van der Waals surface area contributed by atoms with Gasteiger partial charge in [-0.1, -0.05) is 0 Å². The third-order valence-corrected chi connectivity index (χ3v) is 7.73. The number of sulfonamides is 2. The fourth-order valence-electron chi connectivity index (χ4n) is 3.17. The third-order valence-electron chi connectivity index (χ3n) is 4.55. The summed E-state index contributed by atoms with van der Waals surface area (Å²) in [7, 11) is -7.11. The van der Waals surface area contributed by atoms with Gasteiger partial charge in [-0.3, -0.25) is 9.03 Å². The first-order valence-corrected chi connectivity index (χ1v) is 12.2. The fraction of sp³-hybridized carbons (Fsp3) is 0.368. The van der Waals surface area contributed by atoms with Crippen molar-refractivity contribution >= 4 is 31.4 Å². The molecular formula is C19H24N2O5S2. The Morgan fingerprint density at radius 1 is 1.04 bits per heavy atom. The lowest BCUT2D eigenvalue weighted by atomic mass is 10.0. The van der Waals surface area contributed by atoms with Crippen molar-refractivity contribution in [1.29, 1.82) is 0 Å². The molecule has 2 aromatic carbocycles. The van der Waals surface area contributed by atoms with Gasteiger partial charge >= 0.3 is 0 Å². The zero-order valence-corrected chi connectivity index (χ0v) is 17.5. The average molecular weight is 425 g/mol. The maximum absolute atomic E-state index is 12.7. The van der Waals surface area contributed by atoms with Gasteiger partial charge in [0.2, 0.25) is 10.0 Å². The summed E-state index contributed by atoms with van der Waals surface area (Å²) >= 11 is 0. The van der Waals surface area contributed by atoms with Crippen molar-refractivity contribution < 1.29 is 21.6 Å². The van der Waals surface area contributed by atoms with Gasteiger partial charge in [-0.25, -0.2) is 16.8 Å². The Hall–Kier alpha value is -2.26. The number of rotatable bonds is 7. The highest BCUT2D eigenvalue weighted by molar-refractivity contribution is 7.93. The highest BCUT2D eigenvalue weighted by atomic mass is 32.2. The molecule has 9 heteroatoms. The summed E-state index contributed by atoms with van der Waals surface area (Å²) < 4.78 is 59.2. The number of aryl methyl sites for hydroxylation is 1. The zero-order chi connectivity index (χ0) is 20.4. The van der Waals surface area contributed by atoms with Gasteiger partial charge in [-0.05, 0) is 74.7 Å². The number of anilines is 2. The number of fused-ring (bicyclic) bond motifs is 1. The number of nitrogens with zero attached hydrogens (tertiary/aromatic N) is 1. The topological polar surface area (TPSA) is 92.8 Å². The van der Waals surface area contributed by atoms with E-state index in [0.29, 0.717) is 43.1 Å². The first kappa shape index (κ1) is 20.5. The van der Waals surface area contributed by atoms with Crippen molar-refractivity contribution in [2.75, 3.05) is 27.9 Å². The summed E-state index contributed by atoms with van der Waals surface area (Å²) in [5.41, 5.74) is 1.84. The van der Waals surface area contributed by atoms with E-state index >= 15 is 0 Å². The van der Waals surface area contributed by atoms with Crippen LogP contribution in [0.2, 0.25) is 0 Å². The van der Waals surface area contributed by atoms with Gasteiger partial charge in [0, 0.05) is 12.2 Å². The van der Waals surface area contributed by atoms with Crippen molar-refractivity contribution in [3.05, 3.63) is 48.0 Å². The Bertz CT molecular complexity index is 1050. The Kier molecular flexibility index (Phi) is 5.85. The monoisotopic (exact) mass is 424 g/mol. The van der Waals surface area contributed by atoms with Crippen molar-refractivity contribution in [3.63, 3.8) is 0 Å². The van der Waals surface area contributed by atoms with Crippen molar-refractivity contribution in [2.24, 2.45) is 0 Å². The van der Waals surface area contributed by atoms with Crippen LogP contribution in [0, 0.1) is 0 Å². The molecule has 28 heavy (non-hydrogen) atoms. The minimum atomic E-state index is -3.76. The molecule has 0 amide bonds. The molecule has 1 aliphatic heterocycles. The van der Waals surface area contributed by atoms with E-state index < -0.39 is 20.0 Å². The molecule has 1 heterocycles. The highest BCUT2D eigenvalue weighted by Crippen LogP contribution is 2.32. The predicted octanol–water partition coefficient (Wildman–Crippen LogP) is 2.99. The summed E-state index contributed by atoms with van der Waals surface area (Å²) in [4.78, 5) is 0.129. The fourth-order valence-corrected chi connectivity index (χ4v) is 5.41. The Morgan fingerprint density at radius 2 is 1.75 bits per heavy atom. The van der Waals surface area contributed by atoms with E-state index in [9.17, 15) is 16.8 Å². The van der Waals surface area contributed by atoms with E-state index in [4.69, 9.17) is 4.74 Å². The molecule has 0 radical (unpaired) electrons. The van der Waals surface area contributed by atoms with Crippen molar-refractivity contribution in [1.82, 2.24) is 0 Å². The molecule has 7 nitrogen and oxygen atoms in total. The predicted molar refractivity (Wildman–Crippen MR) is 110 cm³/mol. The standard InChI is InChI=1S/C19H24N2O5S2/c1-3-26-17-8-10-18(11-9-17)28(24,25)20-16-7-12-19-15(14-16)6-5-13-21(19)27(22,23)4-2/h7-12,14,20H,3-6,13H2,1-2H3. The van der Waals surface area contributed by atoms with Gasteiger partial charge in [0.05, 0.1) is 22.9 Å². The van der Waals surface area contributed by atoms with E-state index in [1.165, 1.54) is 16.4 Å². The summed E-state index contributed by atoms with van der Waals surface area (Å²) in [6.45, 7) is 4.42. The second kappa shape index (κ2) is 8.00. The van der Waals surface area contributed by atoms with Crippen LogP contribution >= 0.6 is 0 Å². The largest absolute Gasteiger partial charge is 0.494 e. The molecule has 152 valence electrons. The van der Waals surface area contributed by atoms with E-state index in [-0.39, 0.29) is 10.6 Å². The second-order valence-corrected chi connectivity index (χ2v) is 10.3. The molecular weight excluding hydrogens is 400 g/mol. The van der Waals surface area contributed by atoms with Crippen molar-refractivity contribution in [2.45, 2.75) is 31.6 Å². The van der Waals surface area contributed by atoms with Crippen LogP contribution in [-0.4, -0.2) is 35.7 Å². The molecule has 0 aliphatic carbocycles. The molecule has 2 aromatic rings. The molecule has 0 bridgehead atoms. The smallest absolute Gasteiger partial charge is 0.261 e. The van der Waals surface area contributed by atoms with Gasteiger partial charge in [-0.15, -0.1) is 0 Å². The lowest BCUT2D eigenvalue weighted by molar-refractivity contribution is 0.340. The molecule has 0 saturated heterocycles. The molecule has 0 aromatic heterocycles. The molecule has 0 saturated carbocycles. The molecule has 3 rings (SSSR count). The van der Waals surface area contributed by atoms with Crippen LogP contribution in [0.4, 0.5) is 11.4 Å². The normalized spacial score (nSPS) is 14.4. The van der Waals surface area contributed by atoms with Crippen LogP contribution in [0.3, 0.4) is 0 Å². The number of hydrogen-bond donors (Lipinski definition) is 1. The van der Waals surface area contributed by atoms with Gasteiger partial charge < -0.3 is 4.74 Å². The van der Waals surface area contributed by atoms with Gasteiger partial charge in [0.1, 0.15) is 5.75 Å². The SMILES string of the molecule is CCOc1ccc(S(=O)(=O)Nc2ccc3c(c2)CCCN3S(=O)(=O)CC)cc1. The van der Waals surface area contributed by atoms with Crippen LogP contribution < -0.4 is 13.8 Å². The second-order valence-electron chi connectivity index (χ2n) is 6.43. The Balaban J connectivity index is 1.85. The lowest BCUT2D eigenvalue weighted by Gasteiger charge is -2.30. The first-order chi connectivity index (χ1) is 13.3. The molecule has 0 spiro atoms. The van der Waals surface area contributed by atoms with Crippen LogP contribution in [0.25, 0.3) is 0 Å². The lowest BCUT2D eigenvalue weighted by Crippen LogP contribution is -2.36. The minimum absolute atomic E-state index is 0.0264. The Labute approximate surface area is 166 Å². The molecule has 0 fully saturated rings. The van der Waals surface area contributed by atoms with Crippen LogP contribution in [-0.2, 0) is 26.5 Å². The number of benzene rings is 2. The third kappa shape index (κ3) is 4.25. The number of hydrogen-bond acceptors (Lipinski definition) is 5. The van der Waals surface area contributed by atoms with E-state index in [2.05, 4.69) is 4.72 Å². The maximum atomic E-state index is 12.7. The zero-order valence-electron chi connectivity index (χ0n) is 15.9. The Morgan fingerprint density at radius 3 is 2.39 bits per heavy atom. The van der Waals surface area contributed by atoms with E-state index in [1.54, 1.807) is 37.3 Å². The first-order valence-electron chi connectivity index (χ1n) is 9.16. The maximum Gasteiger partial charge on any atom is 0.261 e. The van der Waals surface area contributed by atoms with Crippen LogP contribution in [0.1, 0.15) is 25.8 Å². The van der Waals surface area contributed by atoms with Crippen LogP contribution in [0.5, 0.6) is 5.75 Å². The highest BCUT2D eigenvalue weighted by Gasteiger charge is 2.26. The molecule has 1 N–H and O–H groups in total. The minimum Gasteiger partial charge on any atom is -0.494 e.